The number of benzene rings is 1. The Balaban J connectivity index is 1.98. The van der Waals surface area contributed by atoms with Crippen molar-refractivity contribution in [2.24, 2.45) is 0 Å². The van der Waals surface area contributed by atoms with E-state index < -0.39 is 6.67 Å². The number of aromatic hydroxyl groups is 1. The van der Waals surface area contributed by atoms with Crippen LogP contribution in [0.5, 0.6) is 5.88 Å². The molecule has 0 unspecified atom stereocenters. The second-order valence-corrected chi connectivity index (χ2v) is 5.37. The van der Waals surface area contributed by atoms with Gasteiger partial charge in [0, 0.05) is 46.5 Å². The maximum atomic E-state index is 13.0. The van der Waals surface area contributed by atoms with Crippen LogP contribution in [0.2, 0.25) is 0 Å². The van der Waals surface area contributed by atoms with Crippen molar-refractivity contribution in [3.05, 3.63) is 55.0 Å². The highest BCUT2D eigenvalue weighted by molar-refractivity contribution is 6.08. The van der Waals surface area contributed by atoms with Gasteiger partial charge in [0.25, 0.3) is 0 Å². The lowest BCUT2D eigenvalue weighted by Crippen LogP contribution is -1.99. The summed E-state index contributed by atoms with van der Waals surface area (Å²) < 4.78 is 15.0. The van der Waals surface area contributed by atoms with Gasteiger partial charge in [0.05, 0.1) is 12.1 Å². The van der Waals surface area contributed by atoms with Crippen molar-refractivity contribution < 1.29 is 9.50 Å². The molecular formula is C18H14FN3O. The van der Waals surface area contributed by atoms with E-state index in [4.69, 9.17) is 0 Å². The van der Waals surface area contributed by atoms with Gasteiger partial charge in [-0.2, -0.15) is 0 Å². The number of pyridine rings is 2. The predicted octanol–water partition coefficient (Wildman–Crippen LogP) is 3.93. The molecule has 0 radical (unpaired) electrons. The molecule has 0 bridgehead atoms. The molecule has 4 rings (SSSR count). The average molecular weight is 307 g/mol. The molecule has 114 valence electrons. The quantitative estimate of drug-likeness (QED) is 0.624. The third kappa shape index (κ3) is 2.21. The van der Waals surface area contributed by atoms with Gasteiger partial charge in [0.2, 0.25) is 5.88 Å². The summed E-state index contributed by atoms with van der Waals surface area (Å²) in [5.41, 5.74) is 3.82. The van der Waals surface area contributed by atoms with Crippen molar-refractivity contribution >= 4 is 21.8 Å². The number of fused-ring (bicyclic) bond motifs is 3. The van der Waals surface area contributed by atoms with Crippen LogP contribution >= 0.6 is 0 Å². The lowest BCUT2D eigenvalue weighted by Gasteiger charge is -2.06. The van der Waals surface area contributed by atoms with Crippen LogP contribution < -0.4 is 0 Å². The summed E-state index contributed by atoms with van der Waals surface area (Å²) in [6.45, 7) is -0.118. The minimum absolute atomic E-state index is 0.00700. The molecule has 0 saturated carbocycles. The molecule has 4 nitrogen and oxygen atoms in total. The first-order valence-electron chi connectivity index (χ1n) is 7.35. The monoisotopic (exact) mass is 307 g/mol. The van der Waals surface area contributed by atoms with E-state index in [1.54, 1.807) is 18.5 Å². The molecular weight excluding hydrogens is 293 g/mol. The van der Waals surface area contributed by atoms with E-state index in [0.29, 0.717) is 6.54 Å². The van der Waals surface area contributed by atoms with Crippen molar-refractivity contribution in [2.45, 2.75) is 6.54 Å². The lowest BCUT2D eigenvalue weighted by atomic mass is 10.1. The fourth-order valence-corrected chi connectivity index (χ4v) is 3.00. The predicted molar refractivity (Wildman–Crippen MR) is 88.1 cm³/mol. The Labute approximate surface area is 131 Å². The first-order valence-corrected chi connectivity index (χ1v) is 7.35. The van der Waals surface area contributed by atoms with Gasteiger partial charge in [-0.3, -0.25) is 4.98 Å². The number of aryl methyl sites for hydroxylation is 1. The molecule has 0 spiro atoms. The van der Waals surface area contributed by atoms with Crippen LogP contribution in [0, 0.1) is 0 Å². The van der Waals surface area contributed by atoms with E-state index >= 15 is 0 Å². The molecule has 1 aromatic carbocycles. The Kier molecular flexibility index (Phi) is 3.19. The van der Waals surface area contributed by atoms with Crippen LogP contribution in [0.25, 0.3) is 32.9 Å². The molecule has 3 heterocycles. The Hall–Kier alpha value is -2.95. The van der Waals surface area contributed by atoms with Crippen LogP contribution in [0.4, 0.5) is 4.39 Å². The summed E-state index contributed by atoms with van der Waals surface area (Å²) >= 11 is 0. The van der Waals surface area contributed by atoms with Gasteiger partial charge >= 0.3 is 0 Å². The zero-order valence-electron chi connectivity index (χ0n) is 12.3. The molecule has 3 aromatic heterocycles. The number of hydrogen-bond acceptors (Lipinski definition) is 3. The molecule has 0 fully saturated rings. The Morgan fingerprint density at radius 1 is 0.957 bits per heavy atom. The van der Waals surface area contributed by atoms with Crippen molar-refractivity contribution in [3.63, 3.8) is 0 Å². The van der Waals surface area contributed by atoms with E-state index in [1.807, 2.05) is 41.1 Å². The molecule has 23 heavy (non-hydrogen) atoms. The van der Waals surface area contributed by atoms with Crippen LogP contribution in [0.1, 0.15) is 0 Å². The largest absolute Gasteiger partial charge is 0.493 e. The van der Waals surface area contributed by atoms with Gasteiger partial charge in [-0.15, -0.1) is 0 Å². The zero-order chi connectivity index (χ0) is 15.8. The maximum absolute atomic E-state index is 13.0. The van der Waals surface area contributed by atoms with Crippen molar-refractivity contribution in [1.29, 1.82) is 0 Å². The van der Waals surface area contributed by atoms with E-state index in [1.165, 1.54) is 0 Å². The second kappa shape index (κ2) is 5.35. The number of halogens is 1. The normalized spacial score (nSPS) is 11.3. The average Bonchev–Trinajstić information content (AvgIpc) is 2.90. The van der Waals surface area contributed by atoms with E-state index in [-0.39, 0.29) is 5.88 Å². The van der Waals surface area contributed by atoms with Gasteiger partial charge < -0.3 is 9.67 Å². The molecule has 0 atom stereocenters. The zero-order valence-corrected chi connectivity index (χ0v) is 12.3. The maximum Gasteiger partial charge on any atom is 0.210 e. The molecule has 1 N–H and O–H groups in total. The molecule has 4 aromatic rings. The van der Waals surface area contributed by atoms with Crippen LogP contribution in [-0.4, -0.2) is 26.3 Å². The Morgan fingerprint density at radius 2 is 1.83 bits per heavy atom. The van der Waals surface area contributed by atoms with Crippen molar-refractivity contribution in [3.8, 4) is 17.0 Å². The standard InChI is InChI=1S/C18H14FN3O/c19-6-8-22-16-5-7-20-11-15(16)14-3-1-12(9-17(14)22)13-2-4-18(23)21-10-13/h1-5,7,9-11H,6,8H2,(H,21,23). The lowest BCUT2D eigenvalue weighted by molar-refractivity contribution is 0.453. The Morgan fingerprint density at radius 3 is 2.61 bits per heavy atom. The van der Waals surface area contributed by atoms with Gasteiger partial charge in [0.1, 0.15) is 6.67 Å². The van der Waals surface area contributed by atoms with Gasteiger partial charge in [-0.05, 0) is 23.8 Å². The van der Waals surface area contributed by atoms with E-state index in [2.05, 4.69) is 9.97 Å². The highest BCUT2D eigenvalue weighted by Crippen LogP contribution is 2.32. The molecule has 0 aliphatic rings. The summed E-state index contributed by atoms with van der Waals surface area (Å²) in [6.07, 6.45) is 5.16. The summed E-state index contributed by atoms with van der Waals surface area (Å²) in [6, 6.07) is 11.3. The summed E-state index contributed by atoms with van der Waals surface area (Å²) in [5, 5.41) is 11.4. The van der Waals surface area contributed by atoms with Crippen LogP contribution in [0.3, 0.4) is 0 Å². The summed E-state index contributed by atoms with van der Waals surface area (Å²) in [5.74, 6) is -0.00700. The van der Waals surface area contributed by atoms with Crippen LogP contribution in [0.15, 0.2) is 55.0 Å². The Bertz CT molecular complexity index is 992. The first-order chi connectivity index (χ1) is 11.3. The highest BCUT2D eigenvalue weighted by Gasteiger charge is 2.11. The second-order valence-electron chi connectivity index (χ2n) is 5.37. The smallest absolute Gasteiger partial charge is 0.210 e. The fourth-order valence-electron chi connectivity index (χ4n) is 3.00. The minimum atomic E-state index is -0.424. The SMILES string of the molecule is Oc1ccc(-c2ccc3c4cnccc4n(CCF)c3c2)cn1. The number of alkyl halides is 1. The topological polar surface area (TPSA) is 50.9 Å². The summed E-state index contributed by atoms with van der Waals surface area (Å²) in [7, 11) is 0. The third-order valence-electron chi connectivity index (χ3n) is 4.06. The minimum Gasteiger partial charge on any atom is -0.493 e. The summed E-state index contributed by atoms with van der Waals surface area (Å²) in [4.78, 5) is 8.10. The number of nitrogens with zero attached hydrogens (tertiary/aromatic N) is 3. The number of aromatic nitrogens is 3. The van der Waals surface area contributed by atoms with Crippen molar-refractivity contribution in [2.75, 3.05) is 6.67 Å². The first kappa shape index (κ1) is 13.7. The van der Waals surface area contributed by atoms with Crippen molar-refractivity contribution in [1.82, 2.24) is 14.5 Å². The van der Waals surface area contributed by atoms with Crippen LogP contribution in [-0.2, 0) is 6.54 Å². The molecule has 0 aliphatic carbocycles. The molecule has 5 heteroatoms. The fraction of sp³-hybridized carbons (Fsp3) is 0.111. The van der Waals surface area contributed by atoms with E-state index in [0.717, 1.165) is 32.9 Å². The molecule has 0 amide bonds. The number of hydrogen-bond donors (Lipinski definition) is 1. The number of rotatable bonds is 3. The van der Waals surface area contributed by atoms with Gasteiger partial charge in [-0.25, -0.2) is 9.37 Å². The molecule has 0 aliphatic heterocycles. The molecule has 0 saturated heterocycles. The van der Waals surface area contributed by atoms with Gasteiger partial charge in [-0.1, -0.05) is 12.1 Å². The van der Waals surface area contributed by atoms with E-state index in [9.17, 15) is 9.50 Å². The third-order valence-corrected chi connectivity index (χ3v) is 4.06. The highest BCUT2D eigenvalue weighted by atomic mass is 19.1. The van der Waals surface area contributed by atoms with Gasteiger partial charge in [0.15, 0.2) is 0 Å².